The molecule has 1 aliphatic heterocycles. The van der Waals surface area contributed by atoms with Crippen molar-refractivity contribution in [2.24, 2.45) is 0 Å². The van der Waals surface area contributed by atoms with Gasteiger partial charge >= 0.3 is 0 Å². The zero-order chi connectivity index (χ0) is 9.57. The van der Waals surface area contributed by atoms with Crippen LogP contribution in [0, 0.1) is 0 Å². The van der Waals surface area contributed by atoms with Gasteiger partial charge in [-0.1, -0.05) is 0 Å². The van der Waals surface area contributed by atoms with E-state index in [0.717, 1.165) is 0 Å². The lowest BCUT2D eigenvalue weighted by Gasteiger charge is -2.48. The zero-order valence-corrected chi connectivity index (χ0v) is 9.20. The van der Waals surface area contributed by atoms with Gasteiger partial charge in [-0.05, 0) is 27.7 Å². The van der Waals surface area contributed by atoms with E-state index in [1.54, 1.807) is 4.90 Å². The molecule has 2 heteroatoms. The molecule has 0 bridgehead atoms. The number of nitrogens with one attached hydrogen (secondary N) is 1. The van der Waals surface area contributed by atoms with Crippen LogP contribution in [0.4, 0.5) is 0 Å². The van der Waals surface area contributed by atoms with Gasteiger partial charge in [-0.25, -0.2) is 0 Å². The smallest absolute Gasteiger partial charge is 0.0979 e. The van der Waals surface area contributed by atoms with Crippen LogP contribution < -0.4 is 10.6 Å². The molecular weight excluding hydrogens is 148 g/mol. The Labute approximate surface area is 76.1 Å². The molecule has 0 radical (unpaired) electrons. The average molecular weight is 172 g/mol. The second-order valence-corrected chi connectivity index (χ2v) is 5.67. The van der Waals surface area contributed by atoms with Gasteiger partial charge in [0, 0.05) is 0 Å². The molecule has 12 heavy (non-hydrogen) atoms. The first-order valence-corrected chi connectivity index (χ1v) is 4.93. The third kappa shape index (κ3) is 1.64. The molecule has 0 aromatic carbocycles. The summed E-state index contributed by atoms with van der Waals surface area (Å²) in [6.45, 7) is 9.39. The molecule has 1 rings (SSSR count). The Bertz CT molecular complexity index is 155. The Morgan fingerprint density at radius 3 is 1.75 bits per heavy atom. The molecule has 1 fully saturated rings. The van der Waals surface area contributed by atoms with E-state index in [0.29, 0.717) is 17.1 Å². The van der Waals surface area contributed by atoms with Gasteiger partial charge in [0.05, 0.1) is 37.0 Å². The normalized spacial score (nSPS) is 39.5. The highest BCUT2D eigenvalue weighted by Crippen LogP contribution is 2.20. The van der Waals surface area contributed by atoms with Crippen LogP contribution in [0.2, 0.25) is 0 Å². The summed E-state index contributed by atoms with van der Waals surface area (Å²) in [4.78, 5) is 1.65. The summed E-state index contributed by atoms with van der Waals surface area (Å²) < 4.78 is 0. The molecule has 0 aromatic rings. The van der Waals surface area contributed by atoms with Crippen LogP contribution in [0.3, 0.4) is 0 Å². The quantitative estimate of drug-likeness (QED) is 0.492. The molecule has 0 amide bonds. The Morgan fingerprint density at radius 1 is 1.08 bits per heavy atom. The summed E-state index contributed by atoms with van der Waals surface area (Å²) in [5, 5.41) is 0. The summed E-state index contributed by atoms with van der Waals surface area (Å²) >= 11 is 0. The SMILES string of the molecule is C[NH+]1C(C)(C)CC([NH3+])CC1(C)C. The van der Waals surface area contributed by atoms with Crippen molar-refractivity contribution in [1.29, 1.82) is 0 Å². The molecule has 1 heterocycles. The summed E-state index contributed by atoms with van der Waals surface area (Å²) in [5.74, 6) is 0. The fraction of sp³-hybridized carbons (Fsp3) is 1.00. The van der Waals surface area contributed by atoms with E-state index in [1.807, 2.05) is 0 Å². The molecule has 1 saturated heterocycles. The van der Waals surface area contributed by atoms with Crippen LogP contribution in [0.25, 0.3) is 0 Å². The van der Waals surface area contributed by atoms with Crippen molar-refractivity contribution >= 4 is 0 Å². The Morgan fingerprint density at radius 2 is 1.42 bits per heavy atom. The summed E-state index contributed by atoms with van der Waals surface area (Å²) in [6, 6.07) is 0.638. The summed E-state index contributed by atoms with van der Waals surface area (Å²) in [7, 11) is 2.31. The average Bonchev–Trinajstić information content (AvgIpc) is 1.80. The van der Waals surface area contributed by atoms with E-state index in [2.05, 4.69) is 40.5 Å². The molecule has 0 saturated carbocycles. The highest BCUT2D eigenvalue weighted by Gasteiger charge is 2.47. The number of quaternary nitrogens is 2. The topological polar surface area (TPSA) is 32.1 Å². The largest absolute Gasteiger partial charge is 0.355 e. The van der Waals surface area contributed by atoms with Gasteiger partial charge in [-0.2, -0.15) is 0 Å². The number of piperidine rings is 1. The van der Waals surface area contributed by atoms with Gasteiger partial charge in [0.15, 0.2) is 0 Å². The first-order chi connectivity index (χ1) is 5.26. The van der Waals surface area contributed by atoms with E-state index in [1.165, 1.54) is 12.8 Å². The van der Waals surface area contributed by atoms with Crippen LogP contribution >= 0.6 is 0 Å². The lowest BCUT2D eigenvalue weighted by atomic mass is 9.78. The third-order valence-corrected chi connectivity index (χ3v) is 3.63. The fourth-order valence-electron chi connectivity index (χ4n) is 2.74. The maximum absolute atomic E-state index is 4.21. The van der Waals surface area contributed by atoms with Gasteiger partial charge in [0.2, 0.25) is 0 Å². The van der Waals surface area contributed by atoms with Crippen molar-refractivity contribution < 1.29 is 10.6 Å². The number of hydrogen-bond acceptors (Lipinski definition) is 0. The third-order valence-electron chi connectivity index (χ3n) is 3.63. The van der Waals surface area contributed by atoms with E-state index < -0.39 is 0 Å². The van der Waals surface area contributed by atoms with Crippen molar-refractivity contribution in [1.82, 2.24) is 0 Å². The monoisotopic (exact) mass is 172 g/mol. The summed E-state index contributed by atoms with van der Waals surface area (Å²) in [6.07, 6.45) is 2.50. The first kappa shape index (κ1) is 10.0. The van der Waals surface area contributed by atoms with E-state index in [-0.39, 0.29) is 0 Å². The minimum Gasteiger partial charge on any atom is -0.355 e. The molecule has 2 nitrogen and oxygen atoms in total. The molecule has 1 aliphatic rings. The van der Waals surface area contributed by atoms with E-state index in [4.69, 9.17) is 0 Å². The Hall–Kier alpha value is -0.0800. The predicted molar refractivity (Wildman–Crippen MR) is 51.0 cm³/mol. The van der Waals surface area contributed by atoms with Crippen molar-refractivity contribution in [3.05, 3.63) is 0 Å². The molecule has 0 spiro atoms. The van der Waals surface area contributed by atoms with Crippen molar-refractivity contribution in [2.75, 3.05) is 7.05 Å². The van der Waals surface area contributed by atoms with Crippen molar-refractivity contribution in [2.45, 2.75) is 57.7 Å². The highest BCUT2D eigenvalue weighted by molar-refractivity contribution is 4.84. The number of likely N-dealkylation sites (tertiary alicyclic amines) is 1. The Balaban J connectivity index is 2.84. The number of hydrogen-bond donors (Lipinski definition) is 2. The second-order valence-electron chi connectivity index (χ2n) is 5.67. The van der Waals surface area contributed by atoms with E-state index >= 15 is 0 Å². The molecule has 4 N–H and O–H groups in total. The van der Waals surface area contributed by atoms with Gasteiger partial charge < -0.3 is 10.6 Å². The molecule has 0 atom stereocenters. The van der Waals surface area contributed by atoms with Crippen molar-refractivity contribution in [3.63, 3.8) is 0 Å². The van der Waals surface area contributed by atoms with Crippen molar-refractivity contribution in [3.8, 4) is 0 Å². The minimum atomic E-state index is 0.397. The predicted octanol–water partition coefficient (Wildman–Crippen LogP) is -0.537. The van der Waals surface area contributed by atoms with E-state index in [9.17, 15) is 0 Å². The first-order valence-electron chi connectivity index (χ1n) is 4.93. The van der Waals surface area contributed by atoms with Crippen LogP contribution in [-0.2, 0) is 0 Å². The lowest BCUT2D eigenvalue weighted by Crippen LogP contribution is -3.25. The minimum absolute atomic E-state index is 0.397. The molecule has 0 aromatic heterocycles. The maximum atomic E-state index is 4.21. The lowest BCUT2D eigenvalue weighted by molar-refractivity contribution is -0.986. The van der Waals surface area contributed by atoms with Crippen LogP contribution in [0.15, 0.2) is 0 Å². The van der Waals surface area contributed by atoms with Gasteiger partial charge in [-0.15, -0.1) is 0 Å². The molecule has 0 unspecified atom stereocenters. The van der Waals surface area contributed by atoms with Crippen LogP contribution in [0.1, 0.15) is 40.5 Å². The van der Waals surface area contributed by atoms with Crippen LogP contribution in [-0.4, -0.2) is 24.2 Å². The Kier molecular flexibility index (Phi) is 2.26. The standard InChI is InChI=1S/C10H22N2/c1-9(2)6-8(11)7-10(3,4)12(9)5/h8H,6-7,11H2,1-5H3/p+2. The molecular formula is C10H24N2+2. The molecule has 0 aliphatic carbocycles. The number of rotatable bonds is 0. The maximum Gasteiger partial charge on any atom is 0.0979 e. The van der Waals surface area contributed by atoms with Crippen LogP contribution in [0.5, 0.6) is 0 Å². The zero-order valence-electron chi connectivity index (χ0n) is 9.20. The molecule has 72 valence electrons. The second kappa shape index (κ2) is 2.71. The van der Waals surface area contributed by atoms with Gasteiger partial charge in [0.1, 0.15) is 0 Å². The highest BCUT2D eigenvalue weighted by atomic mass is 15.2. The van der Waals surface area contributed by atoms with Gasteiger partial charge in [-0.3, -0.25) is 0 Å². The fourth-order valence-corrected chi connectivity index (χ4v) is 2.74. The van der Waals surface area contributed by atoms with Gasteiger partial charge in [0.25, 0.3) is 0 Å². The summed E-state index contributed by atoms with van der Waals surface area (Å²) in [5.41, 5.74) is 5.00.